The molecule has 0 aromatic rings. The summed E-state index contributed by atoms with van der Waals surface area (Å²) in [5.41, 5.74) is 5.49. The molecule has 1 unspecified atom stereocenters. The van der Waals surface area contributed by atoms with Gasteiger partial charge >= 0.3 is 0 Å². The van der Waals surface area contributed by atoms with E-state index in [1.807, 2.05) is 0 Å². The van der Waals surface area contributed by atoms with Gasteiger partial charge in [0.1, 0.15) is 0 Å². The highest BCUT2D eigenvalue weighted by Gasteiger charge is 2.00. The predicted molar refractivity (Wildman–Crippen MR) is 79.9 cm³/mol. The van der Waals surface area contributed by atoms with Crippen LogP contribution in [-0.4, -0.2) is 6.54 Å². The van der Waals surface area contributed by atoms with Crippen LogP contribution < -0.4 is 5.73 Å². The molecule has 0 aromatic heterocycles. The molecule has 102 valence electrons. The van der Waals surface area contributed by atoms with Gasteiger partial charge in [-0.1, -0.05) is 58.8 Å². The van der Waals surface area contributed by atoms with E-state index in [9.17, 15) is 0 Å². The zero-order valence-electron chi connectivity index (χ0n) is 11.0. The van der Waals surface area contributed by atoms with Crippen LogP contribution in [0.5, 0.6) is 0 Å². The Bertz CT molecular complexity index is 110. The SMILES string of the molecule is CCCCCCCCC(C)CCCN.Cl.Cl. The van der Waals surface area contributed by atoms with E-state index >= 15 is 0 Å². The summed E-state index contributed by atoms with van der Waals surface area (Å²) in [6.07, 6.45) is 12.5. The van der Waals surface area contributed by atoms with Crippen LogP contribution in [0, 0.1) is 5.92 Å². The Morgan fingerprint density at radius 3 is 1.88 bits per heavy atom. The van der Waals surface area contributed by atoms with Gasteiger partial charge in [0.25, 0.3) is 0 Å². The van der Waals surface area contributed by atoms with Gasteiger partial charge in [-0.2, -0.15) is 0 Å². The van der Waals surface area contributed by atoms with Crippen molar-refractivity contribution in [3.05, 3.63) is 0 Å². The van der Waals surface area contributed by atoms with Crippen LogP contribution in [0.25, 0.3) is 0 Å². The lowest BCUT2D eigenvalue weighted by Crippen LogP contribution is -2.02. The van der Waals surface area contributed by atoms with E-state index in [2.05, 4.69) is 13.8 Å². The Kier molecular flexibility index (Phi) is 24.4. The summed E-state index contributed by atoms with van der Waals surface area (Å²) in [6, 6.07) is 0. The summed E-state index contributed by atoms with van der Waals surface area (Å²) in [7, 11) is 0. The van der Waals surface area contributed by atoms with Crippen LogP contribution in [0.1, 0.15) is 71.6 Å². The van der Waals surface area contributed by atoms with Crippen molar-refractivity contribution in [2.75, 3.05) is 6.54 Å². The summed E-state index contributed by atoms with van der Waals surface area (Å²) in [6.45, 7) is 5.50. The largest absolute Gasteiger partial charge is 0.330 e. The average molecular weight is 272 g/mol. The predicted octanol–water partition coefficient (Wildman–Crippen LogP) is 4.96. The smallest absolute Gasteiger partial charge is 0.00772 e. The molecule has 16 heavy (non-hydrogen) atoms. The topological polar surface area (TPSA) is 26.0 Å². The first-order valence-electron chi connectivity index (χ1n) is 6.51. The number of rotatable bonds is 10. The van der Waals surface area contributed by atoms with Crippen molar-refractivity contribution in [2.24, 2.45) is 11.7 Å². The molecule has 0 aliphatic heterocycles. The lowest BCUT2D eigenvalue weighted by atomic mass is 9.97. The molecule has 0 saturated heterocycles. The molecular weight excluding hydrogens is 241 g/mol. The summed E-state index contributed by atoms with van der Waals surface area (Å²) in [4.78, 5) is 0. The Hall–Kier alpha value is 0.540. The quantitative estimate of drug-likeness (QED) is 0.559. The number of halogens is 2. The zero-order valence-corrected chi connectivity index (χ0v) is 12.7. The number of nitrogens with two attached hydrogens (primary N) is 1. The van der Waals surface area contributed by atoms with Crippen LogP contribution in [0.4, 0.5) is 0 Å². The molecule has 0 spiro atoms. The molecular formula is C13H31Cl2N. The van der Waals surface area contributed by atoms with Crippen LogP contribution in [0.15, 0.2) is 0 Å². The standard InChI is InChI=1S/C13H29N.2ClH/c1-3-4-5-6-7-8-10-13(2)11-9-12-14;;/h13H,3-12,14H2,1-2H3;2*1H. The number of hydrogen-bond acceptors (Lipinski definition) is 1. The summed E-state index contributed by atoms with van der Waals surface area (Å²) < 4.78 is 0. The van der Waals surface area contributed by atoms with Gasteiger partial charge in [-0.25, -0.2) is 0 Å². The summed E-state index contributed by atoms with van der Waals surface area (Å²) in [5, 5.41) is 0. The maximum absolute atomic E-state index is 5.49. The minimum Gasteiger partial charge on any atom is -0.330 e. The number of hydrogen-bond donors (Lipinski definition) is 1. The van der Waals surface area contributed by atoms with Crippen LogP contribution >= 0.6 is 24.8 Å². The first-order valence-corrected chi connectivity index (χ1v) is 6.51. The van der Waals surface area contributed by atoms with E-state index in [-0.39, 0.29) is 24.8 Å². The third kappa shape index (κ3) is 17.0. The Balaban J connectivity index is -0.000000845. The maximum atomic E-state index is 5.49. The molecule has 3 heteroatoms. The molecule has 0 aliphatic carbocycles. The Morgan fingerprint density at radius 1 is 0.812 bits per heavy atom. The molecule has 0 radical (unpaired) electrons. The van der Waals surface area contributed by atoms with Crippen molar-refractivity contribution in [2.45, 2.75) is 71.6 Å². The molecule has 0 saturated carbocycles. The molecule has 0 fully saturated rings. The van der Waals surface area contributed by atoms with Crippen LogP contribution in [0.2, 0.25) is 0 Å². The fraction of sp³-hybridized carbons (Fsp3) is 1.00. The second-order valence-electron chi connectivity index (χ2n) is 4.59. The maximum Gasteiger partial charge on any atom is -0.00772 e. The van der Waals surface area contributed by atoms with Crippen LogP contribution in [-0.2, 0) is 0 Å². The van der Waals surface area contributed by atoms with Crippen molar-refractivity contribution in [3.63, 3.8) is 0 Å². The van der Waals surface area contributed by atoms with E-state index in [0.29, 0.717) is 0 Å². The summed E-state index contributed by atoms with van der Waals surface area (Å²) in [5.74, 6) is 0.893. The summed E-state index contributed by atoms with van der Waals surface area (Å²) >= 11 is 0. The first-order chi connectivity index (χ1) is 6.81. The van der Waals surface area contributed by atoms with Gasteiger partial charge in [-0.15, -0.1) is 24.8 Å². The van der Waals surface area contributed by atoms with E-state index in [1.165, 1.54) is 57.8 Å². The van der Waals surface area contributed by atoms with Crippen molar-refractivity contribution in [1.29, 1.82) is 0 Å². The molecule has 0 amide bonds. The van der Waals surface area contributed by atoms with Gasteiger partial charge in [0.2, 0.25) is 0 Å². The van der Waals surface area contributed by atoms with Crippen molar-refractivity contribution in [3.8, 4) is 0 Å². The second kappa shape index (κ2) is 17.9. The van der Waals surface area contributed by atoms with Gasteiger partial charge in [0.05, 0.1) is 0 Å². The minimum atomic E-state index is 0. The van der Waals surface area contributed by atoms with Crippen molar-refractivity contribution < 1.29 is 0 Å². The molecule has 1 atom stereocenters. The normalized spacial score (nSPS) is 11.4. The van der Waals surface area contributed by atoms with E-state index in [4.69, 9.17) is 5.73 Å². The fourth-order valence-corrected chi connectivity index (χ4v) is 1.88. The third-order valence-electron chi connectivity index (χ3n) is 2.95. The molecule has 0 bridgehead atoms. The van der Waals surface area contributed by atoms with Gasteiger partial charge in [-0.05, 0) is 25.3 Å². The van der Waals surface area contributed by atoms with Crippen LogP contribution in [0.3, 0.4) is 0 Å². The van der Waals surface area contributed by atoms with E-state index in [0.717, 1.165) is 12.5 Å². The van der Waals surface area contributed by atoms with Crippen molar-refractivity contribution in [1.82, 2.24) is 0 Å². The Labute approximate surface area is 115 Å². The highest BCUT2D eigenvalue weighted by Crippen LogP contribution is 2.15. The van der Waals surface area contributed by atoms with Gasteiger partial charge in [0, 0.05) is 0 Å². The molecule has 0 aromatic carbocycles. The van der Waals surface area contributed by atoms with E-state index < -0.39 is 0 Å². The zero-order chi connectivity index (χ0) is 10.6. The lowest BCUT2D eigenvalue weighted by molar-refractivity contribution is 0.446. The molecule has 0 heterocycles. The minimum absolute atomic E-state index is 0. The van der Waals surface area contributed by atoms with Crippen molar-refractivity contribution >= 4 is 24.8 Å². The average Bonchev–Trinajstić information content (AvgIpc) is 2.20. The monoisotopic (exact) mass is 271 g/mol. The number of unbranched alkanes of at least 4 members (excludes halogenated alkanes) is 5. The highest BCUT2D eigenvalue weighted by molar-refractivity contribution is 5.85. The highest BCUT2D eigenvalue weighted by atomic mass is 35.5. The molecule has 0 rings (SSSR count). The van der Waals surface area contributed by atoms with E-state index in [1.54, 1.807) is 0 Å². The molecule has 2 N–H and O–H groups in total. The van der Waals surface area contributed by atoms with Gasteiger partial charge < -0.3 is 5.73 Å². The lowest BCUT2D eigenvalue weighted by Gasteiger charge is -2.09. The van der Waals surface area contributed by atoms with Gasteiger partial charge in [-0.3, -0.25) is 0 Å². The second-order valence-corrected chi connectivity index (χ2v) is 4.59. The van der Waals surface area contributed by atoms with Gasteiger partial charge in [0.15, 0.2) is 0 Å². The molecule has 0 aliphatic rings. The molecule has 1 nitrogen and oxygen atoms in total. The third-order valence-corrected chi connectivity index (χ3v) is 2.95. The fourth-order valence-electron chi connectivity index (χ4n) is 1.88. The Morgan fingerprint density at radius 2 is 1.31 bits per heavy atom. The first kappa shape index (κ1) is 21.8.